The van der Waals surface area contributed by atoms with E-state index in [1.807, 2.05) is 36.1 Å². The van der Waals surface area contributed by atoms with E-state index >= 15 is 0 Å². The van der Waals surface area contributed by atoms with Crippen molar-refractivity contribution >= 4 is 22.8 Å². The molecule has 4 rings (SSSR count). The minimum Gasteiger partial charge on any atom is -0.356 e. The standard InChI is InChI=1S/C21H28N4O2/c1-15-21(10-5-12-22-20(21)27)11-6-13-24(15)19(26)9-14-25-16(2)23-17-7-3-4-8-18(17)25/h3-4,7-8,15H,5-6,9-14H2,1-2H3,(H,22,27)/t15-,21-/m0/s1. The molecule has 1 aromatic carbocycles. The normalized spacial score (nSPS) is 25.8. The Bertz CT molecular complexity index is 870. The number of piperidine rings is 2. The van der Waals surface area contributed by atoms with Gasteiger partial charge in [-0.3, -0.25) is 9.59 Å². The number of rotatable bonds is 3. The van der Waals surface area contributed by atoms with Gasteiger partial charge in [0, 0.05) is 32.1 Å². The summed E-state index contributed by atoms with van der Waals surface area (Å²) in [5.41, 5.74) is 1.63. The maximum atomic E-state index is 13.0. The Hall–Kier alpha value is -2.37. The second-order valence-corrected chi connectivity index (χ2v) is 7.93. The number of carbonyl (C=O) groups is 2. The number of fused-ring (bicyclic) bond motifs is 1. The van der Waals surface area contributed by atoms with Crippen LogP contribution in [0.1, 0.15) is 44.9 Å². The Labute approximate surface area is 159 Å². The number of likely N-dealkylation sites (tertiary alicyclic amines) is 1. The first-order chi connectivity index (χ1) is 13.0. The number of benzene rings is 1. The maximum absolute atomic E-state index is 13.0. The molecule has 144 valence electrons. The minimum absolute atomic E-state index is 0.0420. The van der Waals surface area contributed by atoms with Crippen LogP contribution >= 0.6 is 0 Å². The third kappa shape index (κ3) is 3.01. The third-order valence-electron chi connectivity index (χ3n) is 6.54. The number of hydrogen-bond acceptors (Lipinski definition) is 3. The highest BCUT2D eigenvalue weighted by Crippen LogP contribution is 2.42. The number of nitrogens with one attached hydrogen (secondary N) is 1. The van der Waals surface area contributed by atoms with Crippen molar-refractivity contribution in [1.82, 2.24) is 19.8 Å². The summed E-state index contributed by atoms with van der Waals surface area (Å²) in [5, 5.41) is 3.03. The molecule has 0 bridgehead atoms. The van der Waals surface area contributed by atoms with Gasteiger partial charge in [-0.05, 0) is 51.7 Å². The number of aromatic nitrogens is 2. The highest BCUT2D eigenvalue weighted by atomic mass is 16.2. The monoisotopic (exact) mass is 368 g/mol. The van der Waals surface area contributed by atoms with Gasteiger partial charge in [0.15, 0.2) is 0 Å². The quantitative estimate of drug-likeness (QED) is 0.906. The second-order valence-electron chi connectivity index (χ2n) is 7.93. The van der Waals surface area contributed by atoms with Gasteiger partial charge in [0.25, 0.3) is 0 Å². The van der Waals surface area contributed by atoms with Crippen molar-refractivity contribution in [3.8, 4) is 0 Å². The van der Waals surface area contributed by atoms with Gasteiger partial charge in [-0.25, -0.2) is 4.98 Å². The molecule has 2 atom stereocenters. The number of carbonyl (C=O) groups excluding carboxylic acids is 2. The molecule has 1 N–H and O–H groups in total. The molecule has 3 heterocycles. The Morgan fingerprint density at radius 3 is 2.89 bits per heavy atom. The van der Waals surface area contributed by atoms with Crippen molar-refractivity contribution in [3.63, 3.8) is 0 Å². The van der Waals surface area contributed by atoms with Gasteiger partial charge in [0.2, 0.25) is 11.8 Å². The fraction of sp³-hybridized carbons (Fsp3) is 0.571. The van der Waals surface area contributed by atoms with Gasteiger partial charge in [-0.2, -0.15) is 0 Å². The molecular weight excluding hydrogens is 340 g/mol. The van der Waals surface area contributed by atoms with Crippen LogP contribution in [0, 0.1) is 12.3 Å². The van der Waals surface area contributed by atoms with E-state index in [2.05, 4.69) is 21.8 Å². The van der Waals surface area contributed by atoms with E-state index < -0.39 is 5.41 Å². The summed E-state index contributed by atoms with van der Waals surface area (Å²) in [6.45, 7) is 6.16. The first-order valence-electron chi connectivity index (χ1n) is 10.0. The Morgan fingerprint density at radius 1 is 1.30 bits per heavy atom. The lowest BCUT2D eigenvalue weighted by atomic mass is 9.68. The lowest BCUT2D eigenvalue weighted by molar-refractivity contribution is -0.150. The fourth-order valence-electron chi connectivity index (χ4n) is 4.97. The molecule has 2 saturated heterocycles. The lowest BCUT2D eigenvalue weighted by Gasteiger charge is -2.49. The Balaban J connectivity index is 1.49. The van der Waals surface area contributed by atoms with Crippen molar-refractivity contribution in [3.05, 3.63) is 30.1 Å². The molecule has 1 aromatic heterocycles. The summed E-state index contributed by atoms with van der Waals surface area (Å²) in [6.07, 6.45) is 4.10. The Kier molecular flexibility index (Phi) is 4.66. The predicted molar refractivity (Wildman–Crippen MR) is 104 cm³/mol. The van der Waals surface area contributed by atoms with Crippen LogP contribution in [0.3, 0.4) is 0 Å². The zero-order valence-electron chi connectivity index (χ0n) is 16.2. The van der Waals surface area contributed by atoms with Gasteiger partial charge in [0.05, 0.1) is 16.4 Å². The van der Waals surface area contributed by atoms with Crippen molar-refractivity contribution < 1.29 is 9.59 Å². The van der Waals surface area contributed by atoms with Crippen LogP contribution in [-0.2, 0) is 16.1 Å². The van der Waals surface area contributed by atoms with E-state index in [0.29, 0.717) is 13.0 Å². The van der Waals surface area contributed by atoms with Crippen LogP contribution in [0.4, 0.5) is 0 Å². The van der Waals surface area contributed by atoms with Gasteiger partial charge in [0.1, 0.15) is 5.82 Å². The van der Waals surface area contributed by atoms with E-state index in [4.69, 9.17) is 0 Å². The summed E-state index contributed by atoms with van der Waals surface area (Å²) >= 11 is 0. The SMILES string of the molecule is Cc1nc2ccccc2n1CCC(=O)N1CCC[C@@]2(CCCNC2=O)[C@@H]1C. The van der Waals surface area contributed by atoms with E-state index in [-0.39, 0.29) is 17.9 Å². The van der Waals surface area contributed by atoms with E-state index in [9.17, 15) is 9.59 Å². The summed E-state index contributed by atoms with van der Waals surface area (Å²) in [7, 11) is 0. The van der Waals surface area contributed by atoms with Crippen molar-refractivity contribution in [1.29, 1.82) is 0 Å². The second kappa shape index (κ2) is 6.98. The minimum atomic E-state index is -0.399. The summed E-state index contributed by atoms with van der Waals surface area (Å²) in [5.74, 6) is 1.20. The largest absolute Gasteiger partial charge is 0.356 e. The summed E-state index contributed by atoms with van der Waals surface area (Å²) in [4.78, 5) is 32.2. The number of para-hydroxylation sites is 2. The predicted octanol–water partition coefficient (Wildman–Crippen LogP) is 2.64. The van der Waals surface area contributed by atoms with E-state index in [0.717, 1.165) is 55.6 Å². The molecule has 2 aliphatic heterocycles. The van der Waals surface area contributed by atoms with Gasteiger partial charge in [-0.1, -0.05) is 12.1 Å². The molecule has 2 aliphatic rings. The fourth-order valence-corrected chi connectivity index (χ4v) is 4.97. The first kappa shape index (κ1) is 18.0. The maximum Gasteiger partial charge on any atom is 0.228 e. The molecule has 27 heavy (non-hydrogen) atoms. The van der Waals surface area contributed by atoms with Gasteiger partial charge >= 0.3 is 0 Å². The van der Waals surface area contributed by atoms with Gasteiger partial charge < -0.3 is 14.8 Å². The molecule has 0 aliphatic carbocycles. The topological polar surface area (TPSA) is 67.2 Å². The zero-order chi connectivity index (χ0) is 19.0. The molecular formula is C21H28N4O2. The van der Waals surface area contributed by atoms with Crippen LogP contribution in [-0.4, -0.2) is 45.4 Å². The van der Waals surface area contributed by atoms with E-state index in [1.54, 1.807) is 0 Å². The van der Waals surface area contributed by atoms with Gasteiger partial charge in [-0.15, -0.1) is 0 Å². The van der Waals surface area contributed by atoms with Crippen LogP contribution in [0.5, 0.6) is 0 Å². The summed E-state index contributed by atoms with van der Waals surface area (Å²) < 4.78 is 2.12. The third-order valence-corrected chi connectivity index (χ3v) is 6.54. The number of aryl methyl sites for hydroxylation is 2. The van der Waals surface area contributed by atoms with Crippen molar-refractivity contribution in [2.75, 3.05) is 13.1 Å². The average molecular weight is 368 g/mol. The average Bonchev–Trinajstić information content (AvgIpc) is 2.99. The molecule has 2 amide bonds. The number of hydrogen-bond donors (Lipinski definition) is 1. The molecule has 1 spiro atoms. The number of nitrogens with zero attached hydrogens (tertiary/aromatic N) is 3. The lowest BCUT2D eigenvalue weighted by Crippen LogP contribution is -2.61. The smallest absolute Gasteiger partial charge is 0.228 e. The number of amides is 2. The Morgan fingerprint density at radius 2 is 2.07 bits per heavy atom. The van der Waals surface area contributed by atoms with Crippen molar-refractivity contribution in [2.24, 2.45) is 5.41 Å². The van der Waals surface area contributed by atoms with Crippen LogP contribution in [0.15, 0.2) is 24.3 Å². The summed E-state index contributed by atoms with van der Waals surface area (Å²) in [6, 6.07) is 7.98. The molecule has 0 saturated carbocycles. The molecule has 0 radical (unpaired) electrons. The van der Waals surface area contributed by atoms with Crippen LogP contribution in [0.2, 0.25) is 0 Å². The molecule has 0 unspecified atom stereocenters. The highest BCUT2D eigenvalue weighted by Gasteiger charge is 2.49. The van der Waals surface area contributed by atoms with Crippen LogP contribution in [0.25, 0.3) is 11.0 Å². The van der Waals surface area contributed by atoms with E-state index in [1.165, 1.54) is 0 Å². The molecule has 6 nitrogen and oxygen atoms in total. The van der Waals surface area contributed by atoms with Crippen LogP contribution < -0.4 is 5.32 Å². The molecule has 6 heteroatoms. The first-order valence-corrected chi connectivity index (χ1v) is 10.0. The van der Waals surface area contributed by atoms with Crippen molar-refractivity contribution in [2.45, 2.75) is 58.5 Å². The molecule has 2 fully saturated rings. The highest BCUT2D eigenvalue weighted by molar-refractivity contribution is 5.86. The number of imidazole rings is 1. The molecule has 2 aromatic rings. The zero-order valence-corrected chi connectivity index (χ0v) is 16.2.